The smallest absolute Gasteiger partial charge is 0.417 e. The van der Waals surface area contributed by atoms with Gasteiger partial charge in [0.05, 0.1) is 18.2 Å². The second kappa shape index (κ2) is 11.9. The van der Waals surface area contributed by atoms with Gasteiger partial charge >= 0.3 is 6.18 Å². The van der Waals surface area contributed by atoms with Gasteiger partial charge in [0.2, 0.25) is 5.88 Å². The minimum atomic E-state index is -4.40. The van der Waals surface area contributed by atoms with E-state index in [1.54, 1.807) is 7.05 Å². The zero-order valence-electron chi connectivity index (χ0n) is 17.9. The van der Waals surface area contributed by atoms with Crippen molar-refractivity contribution in [1.29, 1.82) is 0 Å². The Morgan fingerprint density at radius 2 is 2.00 bits per heavy atom. The first-order valence-corrected chi connectivity index (χ1v) is 9.83. The largest absolute Gasteiger partial charge is 0.476 e. The van der Waals surface area contributed by atoms with E-state index in [2.05, 4.69) is 41.4 Å². The van der Waals surface area contributed by atoms with Gasteiger partial charge in [0.15, 0.2) is 5.96 Å². The van der Waals surface area contributed by atoms with Gasteiger partial charge in [0, 0.05) is 38.4 Å². The molecule has 1 aliphatic heterocycles. The molecule has 1 aromatic rings. The summed E-state index contributed by atoms with van der Waals surface area (Å²) < 4.78 is 49.0. The second-order valence-electron chi connectivity index (χ2n) is 8.17. The first kappa shape index (κ1) is 26.7. The molecule has 0 bridgehead atoms. The molecule has 1 aliphatic rings. The molecule has 1 saturated heterocycles. The molecule has 0 radical (unpaired) electrons. The van der Waals surface area contributed by atoms with Crippen molar-refractivity contribution in [2.24, 2.45) is 16.3 Å². The number of aliphatic imine (C=N–C) groups is 1. The summed E-state index contributed by atoms with van der Waals surface area (Å²) in [5.74, 6) is 1.19. The molecular formula is C20H32F3IN4O2. The van der Waals surface area contributed by atoms with Crippen LogP contribution in [0.2, 0.25) is 0 Å². The Morgan fingerprint density at radius 3 is 2.57 bits per heavy atom. The van der Waals surface area contributed by atoms with Crippen molar-refractivity contribution in [1.82, 2.24) is 15.6 Å². The molecule has 0 aliphatic carbocycles. The highest BCUT2D eigenvalue weighted by molar-refractivity contribution is 14.0. The van der Waals surface area contributed by atoms with E-state index >= 15 is 0 Å². The first-order valence-electron chi connectivity index (χ1n) is 9.83. The van der Waals surface area contributed by atoms with Gasteiger partial charge in [-0.05, 0) is 24.3 Å². The maximum Gasteiger partial charge on any atom is 0.417 e. The summed E-state index contributed by atoms with van der Waals surface area (Å²) in [6.45, 7) is 8.81. The van der Waals surface area contributed by atoms with E-state index in [1.165, 1.54) is 6.07 Å². The summed E-state index contributed by atoms with van der Waals surface area (Å²) >= 11 is 0. The second-order valence-corrected chi connectivity index (χ2v) is 8.17. The third-order valence-electron chi connectivity index (χ3n) is 4.76. The van der Waals surface area contributed by atoms with Gasteiger partial charge in [-0.1, -0.05) is 20.8 Å². The third-order valence-corrected chi connectivity index (χ3v) is 4.76. The molecule has 0 saturated carbocycles. The van der Waals surface area contributed by atoms with Gasteiger partial charge in [-0.25, -0.2) is 4.98 Å². The van der Waals surface area contributed by atoms with Crippen LogP contribution in [0.3, 0.4) is 0 Å². The van der Waals surface area contributed by atoms with E-state index in [0.717, 1.165) is 38.3 Å². The average molecular weight is 544 g/mol. The third kappa shape index (κ3) is 8.44. The van der Waals surface area contributed by atoms with Gasteiger partial charge in [-0.2, -0.15) is 13.2 Å². The van der Waals surface area contributed by atoms with Crippen molar-refractivity contribution >= 4 is 29.9 Å². The predicted molar refractivity (Wildman–Crippen MR) is 121 cm³/mol. The van der Waals surface area contributed by atoms with Gasteiger partial charge in [0.1, 0.15) is 6.61 Å². The summed E-state index contributed by atoms with van der Waals surface area (Å²) in [5, 5.41) is 6.46. The number of guanidine groups is 1. The SMILES string of the molecule is CN=C(NCCOc1ccc(C(F)(F)F)cn1)NCC1CCCOC1C(C)(C)C.I. The van der Waals surface area contributed by atoms with Crippen LogP contribution in [0.5, 0.6) is 5.88 Å². The molecule has 2 heterocycles. The van der Waals surface area contributed by atoms with Crippen LogP contribution in [0.4, 0.5) is 13.2 Å². The highest BCUT2D eigenvalue weighted by atomic mass is 127. The maximum atomic E-state index is 12.5. The molecule has 6 nitrogen and oxygen atoms in total. The molecule has 0 amide bonds. The van der Waals surface area contributed by atoms with Crippen LogP contribution >= 0.6 is 24.0 Å². The molecule has 0 spiro atoms. The van der Waals surface area contributed by atoms with Crippen LogP contribution in [0.15, 0.2) is 23.3 Å². The Bertz CT molecular complexity index is 664. The highest BCUT2D eigenvalue weighted by Gasteiger charge is 2.35. The molecule has 0 aromatic carbocycles. The monoisotopic (exact) mass is 544 g/mol. The quantitative estimate of drug-likeness (QED) is 0.245. The minimum absolute atomic E-state index is 0. The number of alkyl halides is 3. The van der Waals surface area contributed by atoms with Crippen LogP contribution in [0.25, 0.3) is 0 Å². The van der Waals surface area contributed by atoms with Crippen molar-refractivity contribution < 1.29 is 22.6 Å². The Hall–Kier alpha value is -1.30. The molecule has 1 aromatic heterocycles. The van der Waals surface area contributed by atoms with Crippen molar-refractivity contribution in [3.05, 3.63) is 23.9 Å². The number of nitrogens with one attached hydrogen (secondary N) is 2. The predicted octanol–water partition coefficient (Wildman–Crippen LogP) is 4.10. The van der Waals surface area contributed by atoms with Crippen molar-refractivity contribution in [3.8, 4) is 5.88 Å². The summed E-state index contributed by atoms with van der Waals surface area (Å²) in [6, 6.07) is 2.17. The molecule has 30 heavy (non-hydrogen) atoms. The van der Waals surface area contributed by atoms with E-state index in [9.17, 15) is 13.2 Å². The maximum absolute atomic E-state index is 12.5. The average Bonchev–Trinajstić information content (AvgIpc) is 2.66. The van der Waals surface area contributed by atoms with E-state index in [-0.39, 0.29) is 48.0 Å². The lowest BCUT2D eigenvalue weighted by atomic mass is 9.78. The number of pyridine rings is 1. The van der Waals surface area contributed by atoms with Crippen LogP contribution in [0, 0.1) is 11.3 Å². The van der Waals surface area contributed by atoms with Crippen LogP contribution in [-0.2, 0) is 10.9 Å². The van der Waals surface area contributed by atoms with Gasteiger partial charge < -0.3 is 20.1 Å². The van der Waals surface area contributed by atoms with E-state index in [1.807, 2.05) is 0 Å². The molecule has 2 rings (SSSR count). The van der Waals surface area contributed by atoms with E-state index < -0.39 is 11.7 Å². The van der Waals surface area contributed by atoms with Crippen LogP contribution in [-0.4, -0.2) is 50.4 Å². The summed E-state index contributed by atoms with van der Waals surface area (Å²) in [7, 11) is 1.69. The fraction of sp³-hybridized carbons (Fsp3) is 0.700. The molecule has 2 atom stereocenters. The molecule has 2 unspecified atom stereocenters. The lowest BCUT2D eigenvalue weighted by Gasteiger charge is -2.40. The topological polar surface area (TPSA) is 67.8 Å². The number of hydrogen-bond donors (Lipinski definition) is 2. The fourth-order valence-corrected chi connectivity index (χ4v) is 3.42. The molecular weight excluding hydrogens is 512 g/mol. The summed E-state index contributed by atoms with van der Waals surface area (Å²) in [4.78, 5) is 7.88. The number of rotatable bonds is 6. The zero-order valence-corrected chi connectivity index (χ0v) is 20.2. The van der Waals surface area contributed by atoms with Crippen molar-refractivity contribution in [3.63, 3.8) is 0 Å². The van der Waals surface area contributed by atoms with Crippen molar-refractivity contribution in [2.75, 3.05) is 33.4 Å². The van der Waals surface area contributed by atoms with Crippen molar-refractivity contribution in [2.45, 2.75) is 45.9 Å². The zero-order chi connectivity index (χ0) is 21.5. The Kier molecular flexibility index (Phi) is 10.6. The van der Waals surface area contributed by atoms with Gasteiger partial charge in [-0.3, -0.25) is 4.99 Å². The van der Waals surface area contributed by atoms with Crippen LogP contribution < -0.4 is 15.4 Å². The summed E-state index contributed by atoms with van der Waals surface area (Å²) in [5.41, 5.74) is -0.723. The number of nitrogens with zero attached hydrogens (tertiary/aromatic N) is 2. The number of halogens is 4. The Labute approximate surface area is 193 Å². The Morgan fingerprint density at radius 1 is 1.27 bits per heavy atom. The number of aromatic nitrogens is 1. The lowest BCUT2D eigenvalue weighted by molar-refractivity contribution is -0.137. The number of ether oxygens (including phenoxy) is 2. The summed E-state index contributed by atoms with van der Waals surface area (Å²) in [6.07, 6.45) is -1.29. The molecule has 172 valence electrons. The molecule has 1 fully saturated rings. The van der Waals surface area contributed by atoms with E-state index in [0.29, 0.717) is 18.4 Å². The minimum Gasteiger partial charge on any atom is -0.476 e. The number of hydrogen-bond acceptors (Lipinski definition) is 4. The molecule has 10 heteroatoms. The Balaban J connectivity index is 0.00000450. The fourth-order valence-electron chi connectivity index (χ4n) is 3.42. The lowest BCUT2D eigenvalue weighted by Crippen LogP contribution is -2.48. The first-order chi connectivity index (χ1) is 13.6. The molecule has 2 N–H and O–H groups in total. The van der Waals surface area contributed by atoms with Gasteiger partial charge in [0.25, 0.3) is 0 Å². The standard InChI is InChI=1S/C20H31F3N4O2.HI/c1-19(2,3)17-14(6-5-10-29-17)12-27-18(24-4)25-9-11-28-16-8-7-15(13-26-16)20(21,22)23;/h7-8,13-14,17H,5-6,9-12H2,1-4H3,(H2,24,25,27);1H. The van der Waals surface area contributed by atoms with Crippen LogP contribution in [0.1, 0.15) is 39.2 Å². The normalized spacial score (nSPS) is 20.3. The highest BCUT2D eigenvalue weighted by Crippen LogP contribution is 2.33. The van der Waals surface area contributed by atoms with Gasteiger partial charge in [-0.15, -0.1) is 24.0 Å². The van der Waals surface area contributed by atoms with E-state index in [4.69, 9.17) is 9.47 Å².